The molecular weight excluding hydrogens is 328 g/mol. The molecule has 1 aliphatic carbocycles. The van der Waals surface area contributed by atoms with E-state index in [1.54, 1.807) is 14.0 Å². The van der Waals surface area contributed by atoms with Gasteiger partial charge in [0.05, 0.1) is 12.5 Å². The van der Waals surface area contributed by atoms with Crippen LogP contribution in [0.5, 0.6) is 0 Å². The molecule has 0 N–H and O–H groups in total. The molecule has 5 nitrogen and oxygen atoms in total. The first-order valence-corrected chi connectivity index (χ1v) is 9.23. The molecule has 26 heavy (non-hydrogen) atoms. The van der Waals surface area contributed by atoms with Gasteiger partial charge in [-0.1, -0.05) is 37.5 Å². The maximum Gasteiger partial charge on any atom is 0.311 e. The molecule has 0 heterocycles. The molecule has 2 rings (SSSR count). The fraction of sp³-hybridized carbons (Fsp3) is 0.571. The number of aryl methyl sites for hydroxylation is 2. The van der Waals surface area contributed by atoms with Crippen LogP contribution in [-0.2, 0) is 20.7 Å². The number of carbonyl (C=O) groups excluding carboxylic acids is 2. The van der Waals surface area contributed by atoms with Gasteiger partial charge in [0, 0.05) is 7.05 Å². The number of hydrogen-bond acceptors (Lipinski definition) is 4. The summed E-state index contributed by atoms with van der Waals surface area (Å²) in [6, 6.07) is 8.15. The van der Waals surface area contributed by atoms with Crippen LogP contribution in [0.4, 0.5) is 0 Å². The van der Waals surface area contributed by atoms with Crippen LogP contribution in [-0.4, -0.2) is 35.5 Å². The lowest BCUT2D eigenvalue weighted by atomic mass is 9.81. The van der Waals surface area contributed by atoms with Gasteiger partial charge in [0.2, 0.25) is 0 Å². The van der Waals surface area contributed by atoms with Crippen molar-refractivity contribution in [2.45, 2.75) is 70.9 Å². The van der Waals surface area contributed by atoms with Crippen LogP contribution in [0.2, 0.25) is 0 Å². The molecule has 1 aliphatic rings. The van der Waals surface area contributed by atoms with Gasteiger partial charge in [-0.3, -0.25) is 9.59 Å². The lowest BCUT2D eigenvalue weighted by molar-refractivity contribution is -0.160. The van der Waals surface area contributed by atoms with Gasteiger partial charge < -0.3 is 9.64 Å². The van der Waals surface area contributed by atoms with E-state index < -0.39 is 17.6 Å². The molecule has 1 saturated carbocycles. The largest absolute Gasteiger partial charge is 0.452 e. The van der Waals surface area contributed by atoms with Gasteiger partial charge in [0.25, 0.3) is 5.91 Å². The predicted molar refractivity (Wildman–Crippen MR) is 99.4 cm³/mol. The fourth-order valence-corrected chi connectivity index (χ4v) is 3.51. The Labute approximate surface area is 155 Å². The van der Waals surface area contributed by atoms with Crippen LogP contribution < -0.4 is 0 Å². The molecule has 0 radical (unpaired) electrons. The summed E-state index contributed by atoms with van der Waals surface area (Å²) in [7, 11) is 1.64. The topological polar surface area (TPSA) is 70.4 Å². The highest BCUT2D eigenvalue weighted by Crippen LogP contribution is 2.32. The van der Waals surface area contributed by atoms with Crippen molar-refractivity contribution in [1.29, 1.82) is 5.26 Å². The third kappa shape index (κ3) is 4.43. The van der Waals surface area contributed by atoms with Gasteiger partial charge in [0.1, 0.15) is 5.54 Å². The number of carbonyl (C=O) groups is 2. The zero-order valence-electron chi connectivity index (χ0n) is 16.2. The van der Waals surface area contributed by atoms with Gasteiger partial charge >= 0.3 is 5.97 Å². The number of rotatable bonds is 5. The van der Waals surface area contributed by atoms with E-state index in [-0.39, 0.29) is 12.3 Å². The Hall–Kier alpha value is -2.35. The highest BCUT2D eigenvalue weighted by Gasteiger charge is 2.40. The summed E-state index contributed by atoms with van der Waals surface area (Å²) >= 11 is 0. The van der Waals surface area contributed by atoms with Crippen molar-refractivity contribution >= 4 is 11.9 Å². The first-order chi connectivity index (χ1) is 12.3. The zero-order chi connectivity index (χ0) is 19.3. The highest BCUT2D eigenvalue weighted by molar-refractivity contribution is 5.84. The minimum absolute atomic E-state index is 0.131. The second-order valence-electron chi connectivity index (χ2n) is 7.33. The van der Waals surface area contributed by atoms with Crippen LogP contribution in [0.25, 0.3) is 0 Å². The molecular formula is C21H28N2O3. The number of benzene rings is 1. The van der Waals surface area contributed by atoms with Crippen molar-refractivity contribution < 1.29 is 14.3 Å². The van der Waals surface area contributed by atoms with E-state index >= 15 is 0 Å². The smallest absolute Gasteiger partial charge is 0.311 e. The summed E-state index contributed by atoms with van der Waals surface area (Å²) in [4.78, 5) is 26.4. The van der Waals surface area contributed by atoms with E-state index in [0.717, 1.165) is 30.4 Å². The quantitative estimate of drug-likeness (QED) is 0.758. The third-order valence-electron chi connectivity index (χ3n) is 5.44. The van der Waals surface area contributed by atoms with Crippen LogP contribution in [0, 0.1) is 25.2 Å². The summed E-state index contributed by atoms with van der Waals surface area (Å²) in [6.07, 6.45) is 3.55. The molecule has 0 unspecified atom stereocenters. The van der Waals surface area contributed by atoms with E-state index in [2.05, 4.69) is 6.07 Å². The van der Waals surface area contributed by atoms with Gasteiger partial charge in [-0.2, -0.15) is 5.26 Å². The molecule has 0 saturated heterocycles. The zero-order valence-corrected chi connectivity index (χ0v) is 16.2. The van der Waals surface area contributed by atoms with Crippen molar-refractivity contribution in [2.75, 3.05) is 7.05 Å². The van der Waals surface area contributed by atoms with Crippen molar-refractivity contribution in [2.24, 2.45) is 0 Å². The average Bonchev–Trinajstić information content (AvgIpc) is 2.63. The van der Waals surface area contributed by atoms with Gasteiger partial charge in [-0.05, 0) is 50.3 Å². The highest BCUT2D eigenvalue weighted by atomic mass is 16.5. The monoisotopic (exact) mass is 356 g/mol. The van der Waals surface area contributed by atoms with Gasteiger partial charge in [0.15, 0.2) is 6.10 Å². The lowest BCUT2D eigenvalue weighted by Gasteiger charge is -2.39. The Morgan fingerprint density at radius 2 is 1.88 bits per heavy atom. The summed E-state index contributed by atoms with van der Waals surface area (Å²) in [5.74, 6) is -0.751. The normalized spacial score (nSPS) is 17.0. The second kappa shape index (κ2) is 8.35. The predicted octanol–water partition coefficient (Wildman–Crippen LogP) is 3.46. The Kier molecular flexibility index (Phi) is 6.42. The maximum absolute atomic E-state index is 12.7. The summed E-state index contributed by atoms with van der Waals surface area (Å²) in [5, 5.41) is 9.62. The van der Waals surface area contributed by atoms with E-state index in [1.807, 2.05) is 32.0 Å². The molecule has 1 amide bonds. The van der Waals surface area contributed by atoms with Crippen LogP contribution in [0.1, 0.15) is 55.7 Å². The molecule has 1 aromatic carbocycles. The van der Waals surface area contributed by atoms with Crippen molar-refractivity contribution in [3.05, 3.63) is 34.9 Å². The average molecular weight is 356 g/mol. The molecule has 1 aromatic rings. The Morgan fingerprint density at radius 1 is 1.23 bits per heavy atom. The van der Waals surface area contributed by atoms with Crippen molar-refractivity contribution in [3.63, 3.8) is 0 Å². The number of ether oxygens (including phenoxy) is 1. The van der Waals surface area contributed by atoms with Crippen molar-refractivity contribution in [3.8, 4) is 6.07 Å². The van der Waals surface area contributed by atoms with Gasteiger partial charge in [-0.25, -0.2) is 0 Å². The molecule has 1 fully saturated rings. The molecule has 5 heteroatoms. The van der Waals surface area contributed by atoms with E-state index in [4.69, 9.17) is 4.74 Å². The van der Waals surface area contributed by atoms with E-state index in [1.165, 1.54) is 10.5 Å². The number of nitriles is 1. The molecule has 0 bridgehead atoms. The second-order valence-corrected chi connectivity index (χ2v) is 7.33. The van der Waals surface area contributed by atoms with Crippen LogP contribution in [0.3, 0.4) is 0 Å². The Balaban J connectivity index is 1.98. The number of likely N-dealkylation sites (N-methyl/N-ethyl adjacent to an activating group) is 1. The minimum Gasteiger partial charge on any atom is -0.452 e. The maximum atomic E-state index is 12.7. The fourth-order valence-electron chi connectivity index (χ4n) is 3.51. The molecule has 0 spiro atoms. The first kappa shape index (κ1) is 20.0. The number of esters is 1. The van der Waals surface area contributed by atoms with Crippen LogP contribution in [0.15, 0.2) is 18.2 Å². The number of amides is 1. The van der Waals surface area contributed by atoms with Crippen LogP contribution >= 0.6 is 0 Å². The van der Waals surface area contributed by atoms with E-state index in [9.17, 15) is 14.9 Å². The minimum atomic E-state index is -0.897. The first-order valence-electron chi connectivity index (χ1n) is 9.23. The Bertz CT molecular complexity index is 714. The summed E-state index contributed by atoms with van der Waals surface area (Å²) in [5.41, 5.74) is 2.38. The number of hydrogen-bond donors (Lipinski definition) is 0. The summed E-state index contributed by atoms with van der Waals surface area (Å²) in [6.45, 7) is 5.59. The molecule has 0 aromatic heterocycles. The van der Waals surface area contributed by atoms with Gasteiger partial charge in [-0.15, -0.1) is 0 Å². The lowest BCUT2D eigenvalue weighted by Crippen LogP contribution is -2.53. The Morgan fingerprint density at radius 3 is 2.46 bits per heavy atom. The third-order valence-corrected chi connectivity index (χ3v) is 5.44. The molecule has 0 aliphatic heterocycles. The molecule has 140 valence electrons. The number of nitrogens with zero attached hydrogens (tertiary/aromatic N) is 2. The SMILES string of the molecule is Cc1ccc(CC(=O)O[C@H](C)C(=O)N(C)C2(C#N)CCCCC2)cc1C. The van der Waals surface area contributed by atoms with Crippen molar-refractivity contribution in [1.82, 2.24) is 4.90 Å². The molecule has 1 atom stereocenters. The van der Waals surface area contributed by atoms with E-state index in [0.29, 0.717) is 12.8 Å². The summed E-state index contributed by atoms with van der Waals surface area (Å²) < 4.78 is 5.35. The standard InChI is InChI=1S/C21H28N2O3/c1-15-8-9-18(12-16(15)2)13-19(24)26-17(3)20(25)23(4)21(14-22)10-6-5-7-11-21/h8-9,12,17H,5-7,10-11,13H2,1-4H3/t17-/m1/s1.